The molecule has 5 heteroatoms. The van der Waals surface area contributed by atoms with Crippen molar-refractivity contribution in [3.05, 3.63) is 48.6 Å². The van der Waals surface area contributed by atoms with Crippen molar-refractivity contribution in [1.29, 1.82) is 0 Å². The molecule has 108 valence electrons. The molecule has 2 saturated heterocycles. The fourth-order valence-electron chi connectivity index (χ4n) is 2.67. The molecule has 6 atom stereocenters. The summed E-state index contributed by atoms with van der Waals surface area (Å²) in [7, 11) is 0. The van der Waals surface area contributed by atoms with Gasteiger partial charge in [0.25, 0.3) is 0 Å². The Labute approximate surface area is 117 Å². The molecule has 20 heavy (non-hydrogen) atoms. The minimum Gasteiger partial charge on any atom is -0.387 e. The van der Waals surface area contributed by atoms with Gasteiger partial charge >= 0.3 is 0 Å². The smallest absolute Gasteiger partial charge is 0.177 e. The predicted molar refractivity (Wildman–Crippen MR) is 70.9 cm³/mol. The highest BCUT2D eigenvalue weighted by molar-refractivity contribution is 5.20. The molecule has 0 amide bonds. The average molecular weight is 278 g/mol. The number of aliphatic hydroxyl groups is 2. The van der Waals surface area contributed by atoms with Gasteiger partial charge in [-0.1, -0.05) is 36.9 Å². The molecule has 0 spiro atoms. The van der Waals surface area contributed by atoms with E-state index in [1.165, 1.54) is 6.08 Å². The second-order valence-corrected chi connectivity index (χ2v) is 5.03. The van der Waals surface area contributed by atoms with E-state index in [0.717, 1.165) is 5.56 Å². The fourth-order valence-corrected chi connectivity index (χ4v) is 2.67. The van der Waals surface area contributed by atoms with Crippen LogP contribution in [0.1, 0.15) is 11.7 Å². The highest BCUT2D eigenvalue weighted by Crippen LogP contribution is 2.35. The predicted octanol–water partition coefficient (Wildman–Crippen LogP) is 0.776. The monoisotopic (exact) mass is 278 g/mol. The van der Waals surface area contributed by atoms with E-state index in [2.05, 4.69) is 6.58 Å². The lowest BCUT2D eigenvalue weighted by Gasteiger charge is -2.46. The van der Waals surface area contributed by atoms with Crippen molar-refractivity contribution in [3.8, 4) is 0 Å². The van der Waals surface area contributed by atoms with E-state index in [-0.39, 0.29) is 0 Å². The van der Waals surface area contributed by atoms with Gasteiger partial charge in [0.15, 0.2) is 6.29 Å². The number of fused-ring (bicyclic) bond motifs is 1. The Bertz CT molecular complexity index is 461. The molecule has 2 heterocycles. The first-order valence-corrected chi connectivity index (χ1v) is 6.67. The van der Waals surface area contributed by atoms with E-state index in [1.807, 2.05) is 30.3 Å². The van der Waals surface area contributed by atoms with Crippen LogP contribution in [0.3, 0.4) is 0 Å². The quantitative estimate of drug-likeness (QED) is 0.782. The Morgan fingerprint density at radius 3 is 2.55 bits per heavy atom. The van der Waals surface area contributed by atoms with Gasteiger partial charge in [0.2, 0.25) is 0 Å². The minimum absolute atomic E-state index is 0.300. The van der Waals surface area contributed by atoms with Crippen molar-refractivity contribution in [3.63, 3.8) is 0 Å². The molecule has 5 nitrogen and oxygen atoms in total. The summed E-state index contributed by atoms with van der Waals surface area (Å²) >= 11 is 0. The largest absolute Gasteiger partial charge is 0.387 e. The lowest BCUT2D eigenvalue weighted by Crippen LogP contribution is -2.60. The highest BCUT2D eigenvalue weighted by atomic mass is 16.7. The van der Waals surface area contributed by atoms with Crippen molar-refractivity contribution in [2.45, 2.75) is 36.8 Å². The van der Waals surface area contributed by atoms with Crippen LogP contribution in [0.4, 0.5) is 0 Å². The molecule has 2 aliphatic heterocycles. The lowest BCUT2D eigenvalue weighted by atomic mass is 9.91. The second kappa shape index (κ2) is 5.63. The van der Waals surface area contributed by atoms with Gasteiger partial charge < -0.3 is 24.4 Å². The molecule has 3 rings (SSSR count). The van der Waals surface area contributed by atoms with Crippen LogP contribution >= 0.6 is 0 Å². The van der Waals surface area contributed by atoms with E-state index in [0.29, 0.717) is 6.61 Å². The van der Waals surface area contributed by atoms with Gasteiger partial charge in [-0.25, -0.2) is 0 Å². The molecule has 0 aliphatic carbocycles. The van der Waals surface area contributed by atoms with Crippen LogP contribution in [-0.2, 0) is 14.2 Å². The van der Waals surface area contributed by atoms with Crippen LogP contribution in [0, 0.1) is 0 Å². The van der Waals surface area contributed by atoms with Gasteiger partial charge in [-0.3, -0.25) is 0 Å². The molecule has 0 aromatic heterocycles. The highest BCUT2D eigenvalue weighted by Gasteiger charge is 2.48. The molecule has 2 aliphatic rings. The van der Waals surface area contributed by atoms with Gasteiger partial charge in [0.1, 0.15) is 30.5 Å². The third kappa shape index (κ3) is 2.39. The Kier molecular flexibility index (Phi) is 3.87. The van der Waals surface area contributed by atoms with E-state index in [1.54, 1.807) is 0 Å². The summed E-state index contributed by atoms with van der Waals surface area (Å²) in [5.74, 6) is 0. The molecule has 0 saturated carbocycles. The van der Waals surface area contributed by atoms with E-state index < -0.39 is 36.8 Å². The van der Waals surface area contributed by atoms with E-state index >= 15 is 0 Å². The van der Waals surface area contributed by atoms with Gasteiger partial charge in [0, 0.05) is 0 Å². The van der Waals surface area contributed by atoms with E-state index in [9.17, 15) is 10.2 Å². The first-order valence-electron chi connectivity index (χ1n) is 6.67. The molecule has 0 unspecified atom stereocenters. The van der Waals surface area contributed by atoms with Crippen LogP contribution in [0.15, 0.2) is 43.0 Å². The number of benzene rings is 1. The first-order chi connectivity index (χ1) is 9.70. The number of aliphatic hydroxyl groups excluding tert-OH is 2. The number of hydrogen-bond donors (Lipinski definition) is 2. The Morgan fingerprint density at radius 2 is 1.85 bits per heavy atom. The zero-order chi connectivity index (χ0) is 14.1. The third-order valence-electron chi connectivity index (χ3n) is 3.72. The minimum atomic E-state index is -1.04. The molecule has 1 aromatic carbocycles. The zero-order valence-electron chi connectivity index (χ0n) is 11.0. The normalized spacial score (nSPS) is 40.9. The first kappa shape index (κ1) is 13.7. The summed E-state index contributed by atoms with van der Waals surface area (Å²) in [4.78, 5) is 0. The zero-order valence-corrected chi connectivity index (χ0v) is 11.0. The number of ether oxygens (including phenoxy) is 3. The number of rotatable bonds is 2. The topological polar surface area (TPSA) is 68.2 Å². The molecule has 2 fully saturated rings. The van der Waals surface area contributed by atoms with Crippen LogP contribution in [0.2, 0.25) is 0 Å². The average Bonchev–Trinajstić information content (AvgIpc) is 2.51. The van der Waals surface area contributed by atoms with Crippen LogP contribution in [0.25, 0.3) is 0 Å². The Hall–Kier alpha value is -1.24. The van der Waals surface area contributed by atoms with E-state index in [4.69, 9.17) is 14.2 Å². The van der Waals surface area contributed by atoms with Crippen LogP contribution in [-0.4, -0.2) is 47.5 Å². The SMILES string of the molecule is C=C[C@@H]1OC[C@H]2O[C@@H](c3ccccc3)[C@H](O)[C@@H](O)[C@@H]2O1. The summed E-state index contributed by atoms with van der Waals surface area (Å²) in [6.07, 6.45) is -2.72. The van der Waals surface area contributed by atoms with Gasteiger partial charge in [0.05, 0.1) is 6.61 Å². The van der Waals surface area contributed by atoms with Crippen molar-refractivity contribution < 1.29 is 24.4 Å². The summed E-state index contributed by atoms with van der Waals surface area (Å²) in [6.45, 7) is 3.89. The van der Waals surface area contributed by atoms with Crippen molar-refractivity contribution in [1.82, 2.24) is 0 Å². The number of hydrogen-bond acceptors (Lipinski definition) is 5. The van der Waals surface area contributed by atoms with Gasteiger partial charge in [-0.2, -0.15) is 0 Å². The van der Waals surface area contributed by atoms with Crippen molar-refractivity contribution >= 4 is 0 Å². The van der Waals surface area contributed by atoms with Gasteiger partial charge in [-0.05, 0) is 11.6 Å². The van der Waals surface area contributed by atoms with Crippen LogP contribution in [0.5, 0.6) is 0 Å². The second-order valence-electron chi connectivity index (χ2n) is 5.03. The maximum Gasteiger partial charge on any atom is 0.177 e. The standard InChI is InChI=1S/C15H18O5/c1-2-11-18-8-10-15(20-11)13(17)12(16)14(19-10)9-6-4-3-5-7-9/h2-7,10-17H,1,8H2/t10-,11-,12-,13-,14+,15-/m1/s1. The van der Waals surface area contributed by atoms with Gasteiger partial charge in [-0.15, -0.1) is 0 Å². The summed E-state index contributed by atoms with van der Waals surface area (Å²) in [6, 6.07) is 9.34. The molecular formula is C15H18O5. The molecule has 1 aromatic rings. The third-order valence-corrected chi connectivity index (χ3v) is 3.72. The Balaban J connectivity index is 1.80. The van der Waals surface area contributed by atoms with Crippen LogP contribution < -0.4 is 0 Å². The van der Waals surface area contributed by atoms with Crippen molar-refractivity contribution in [2.75, 3.05) is 6.61 Å². The maximum atomic E-state index is 10.3. The molecule has 2 N–H and O–H groups in total. The summed E-state index contributed by atoms with van der Waals surface area (Å²) in [5.41, 5.74) is 0.823. The summed E-state index contributed by atoms with van der Waals surface area (Å²) < 4.78 is 16.8. The van der Waals surface area contributed by atoms with Crippen molar-refractivity contribution in [2.24, 2.45) is 0 Å². The Morgan fingerprint density at radius 1 is 1.10 bits per heavy atom. The molecule has 0 radical (unpaired) electrons. The summed E-state index contributed by atoms with van der Waals surface area (Å²) in [5, 5.41) is 20.5. The fraction of sp³-hybridized carbons (Fsp3) is 0.467. The maximum absolute atomic E-state index is 10.3. The lowest BCUT2D eigenvalue weighted by molar-refractivity contribution is -0.315. The molecular weight excluding hydrogens is 260 g/mol. The molecule has 0 bridgehead atoms.